The summed E-state index contributed by atoms with van der Waals surface area (Å²) in [6.45, 7) is 14.7. The molecule has 1 fully saturated rings. The maximum Gasteiger partial charge on any atom is 0.160 e. The second kappa shape index (κ2) is 8.94. The SMILES string of the molecule is Cc1cn(-c2ccn(COCC[Si](C)(C)C)n2)c2nc(N3CCOCC3C)cc(Cl)c12. The summed E-state index contributed by atoms with van der Waals surface area (Å²) in [5.74, 6) is 1.68. The molecule has 0 aliphatic carbocycles. The van der Waals surface area contributed by atoms with Crippen LogP contribution in [-0.2, 0) is 16.2 Å². The number of ether oxygens (including phenoxy) is 2. The molecule has 168 valence electrons. The second-order valence-electron chi connectivity index (χ2n) is 9.52. The van der Waals surface area contributed by atoms with Crippen molar-refractivity contribution in [3.8, 4) is 5.82 Å². The van der Waals surface area contributed by atoms with Crippen LogP contribution < -0.4 is 4.90 Å². The van der Waals surface area contributed by atoms with Crippen molar-refractivity contribution in [1.29, 1.82) is 0 Å². The Bertz CT molecular complexity index is 1060. The zero-order chi connectivity index (χ0) is 22.2. The highest BCUT2D eigenvalue weighted by Crippen LogP contribution is 2.33. The van der Waals surface area contributed by atoms with Crippen LogP contribution in [-0.4, -0.2) is 59.8 Å². The van der Waals surface area contributed by atoms with E-state index in [1.807, 2.05) is 27.6 Å². The Labute approximate surface area is 189 Å². The molecule has 3 aromatic rings. The van der Waals surface area contributed by atoms with E-state index in [0.29, 0.717) is 25.0 Å². The van der Waals surface area contributed by atoms with Gasteiger partial charge < -0.3 is 14.4 Å². The summed E-state index contributed by atoms with van der Waals surface area (Å²) < 4.78 is 15.3. The van der Waals surface area contributed by atoms with Gasteiger partial charge in [0.25, 0.3) is 0 Å². The van der Waals surface area contributed by atoms with Gasteiger partial charge in [0.15, 0.2) is 5.82 Å². The number of hydrogen-bond acceptors (Lipinski definition) is 5. The predicted octanol–water partition coefficient (Wildman–Crippen LogP) is 4.72. The lowest BCUT2D eigenvalue weighted by molar-refractivity contribution is 0.0785. The Morgan fingerprint density at radius 1 is 1.29 bits per heavy atom. The van der Waals surface area contributed by atoms with Gasteiger partial charge in [-0.25, -0.2) is 9.67 Å². The lowest BCUT2D eigenvalue weighted by atomic mass is 10.2. The van der Waals surface area contributed by atoms with E-state index in [-0.39, 0.29) is 6.04 Å². The largest absolute Gasteiger partial charge is 0.377 e. The Morgan fingerprint density at radius 3 is 2.84 bits per heavy atom. The average molecular weight is 462 g/mol. The summed E-state index contributed by atoms with van der Waals surface area (Å²) in [7, 11) is -1.09. The monoisotopic (exact) mass is 461 g/mol. The first-order valence-electron chi connectivity index (χ1n) is 10.9. The highest BCUT2D eigenvalue weighted by Gasteiger charge is 2.23. The van der Waals surface area contributed by atoms with Gasteiger partial charge >= 0.3 is 0 Å². The number of aryl methyl sites for hydroxylation is 1. The third kappa shape index (κ3) is 4.97. The van der Waals surface area contributed by atoms with Crippen molar-refractivity contribution in [1.82, 2.24) is 19.3 Å². The van der Waals surface area contributed by atoms with Crippen molar-refractivity contribution in [2.75, 3.05) is 31.3 Å². The lowest BCUT2D eigenvalue weighted by Gasteiger charge is -2.34. The number of rotatable bonds is 7. The fraction of sp³-hybridized carbons (Fsp3) is 0.545. The minimum Gasteiger partial charge on any atom is -0.377 e. The molecule has 1 aliphatic heterocycles. The minimum absolute atomic E-state index is 0.256. The van der Waals surface area contributed by atoms with Crippen LogP contribution in [0.4, 0.5) is 5.82 Å². The van der Waals surface area contributed by atoms with Crippen LogP contribution in [0.25, 0.3) is 16.9 Å². The Balaban J connectivity index is 1.60. The van der Waals surface area contributed by atoms with E-state index in [0.717, 1.165) is 47.4 Å². The molecule has 0 spiro atoms. The van der Waals surface area contributed by atoms with Crippen molar-refractivity contribution < 1.29 is 9.47 Å². The summed E-state index contributed by atoms with van der Waals surface area (Å²) in [5, 5.41) is 6.39. The van der Waals surface area contributed by atoms with Crippen molar-refractivity contribution in [2.24, 2.45) is 0 Å². The number of morpholine rings is 1. The van der Waals surface area contributed by atoms with Gasteiger partial charge in [-0.05, 0) is 25.5 Å². The number of aromatic nitrogens is 4. The van der Waals surface area contributed by atoms with Crippen molar-refractivity contribution >= 4 is 36.5 Å². The molecule has 1 atom stereocenters. The van der Waals surface area contributed by atoms with Crippen molar-refractivity contribution in [3.63, 3.8) is 0 Å². The van der Waals surface area contributed by atoms with Crippen LogP contribution in [0.1, 0.15) is 12.5 Å². The Hall–Kier alpha value is -1.87. The number of anilines is 1. The molecule has 3 aromatic heterocycles. The Morgan fingerprint density at radius 2 is 2.10 bits per heavy atom. The first kappa shape index (κ1) is 22.3. The van der Waals surface area contributed by atoms with Gasteiger partial charge in [-0.3, -0.25) is 4.57 Å². The molecule has 7 nitrogen and oxygen atoms in total. The maximum absolute atomic E-state index is 6.71. The zero-order valence-corrected chi connectivity index (χ0v) is 20.8. The molecule has 1 aliphatic rings. The highest BCUT2D eigenvalue weighted by atomic mass is 35.5. The van der Waals surface area contributed by atoms with Crippen LogP contribution in [0.3, 0.4) is 0 Å². The molecule has 0 amide bonds. The van der Waals surface area contributed by atoms with E-state index in [4.69, 9.17) is 31.2 Å². The molecule has 0 saturated carbocycles. The maximum atomic E-state index is 6.71. The number of halogens is 1. The summed E-state index contributed by atoms with van der Waals surface area (Å²) >= 11 is 6.71. The summed E-state index contributed by atoms with van der Waals surface area (Å²) in [6, 6.07) is 5.36. The fourth-order valence-electron chi connectivity index (χ4n) is 3.82. The molecule has 0 bridgehead atoms. The molecule has 4 heterocycles. The number of fused-ring (bicyclic) bond motifs is 1. The normalized spacial score (nSPS) is 17.6. The fourth-order valence-corrected chi connectivity index (χ4v) is 4.91. The summed E-state index contributed by atoms with van der Waals surface area (Å²) in [4.78, 5) is 7.25. The van der Waals surface area contributed by atoms with E-state index in [9.17, 15) is 0 Å². The van der Waals surface area contributed by atoms with Crippen molar-refractivity contribution in [3.05, 3.63) is 35.1 Å². The third-order valence-corrected chi connectivity index (χ3v) is 7.64. The van der Waals surface area contributed by atoms with Crippen LogP contribution in [0.15, 0.2) is 24.5 Å². The van der Waals surface area contributed by atoms with Gasteiger partial charge in [-0.2, -0.15) is 5.10 Å². The van der Waals surface area contributed by atoms with Crippen LogP contribution >= 0.6 is 11.6 Å². The number of nitrogens with zero attached hydrogens (tertiary/aromatic N) is 5. The first-order valence-corrected chi connectivity index (χ1v) is 15.0. The predicted molar refractivity (Wildman–Crippen MR) is 128 cm³/mol. The lowest BCUT2D eigenvalue weighted by Crippen LogP contribution is -2.44. The topological polar surface area (TPSA) is 57.3 Å². The van der Waals surface area contributed by atoms with Gasteiger partial charge in [-0.1, -0.05) is 31.2 Å². The zero-order valence-electron chi connectivity index (χ0n) is 19.1. The quantitative estimate of drug-likeness (QED) is 0.376. The second-order valence-corrected chi connectivity index (χ2v) is 15.6. The molecule has 4 rings (SSSR count). The van der Waals surface area contributed by atoms with Gasteiger partial charge in [0.1, 0.15) is 18.2 Å². The molecule has 9 heteroatoms. The number of pyridine rings is 1. The van der Waals surface area contributed by atoms with Gasteiger partial charge in [0.2, 0.25) is 0 Å². The third-order valence-electron chi connectivity index (χ3n) is 5.64. The van der Waals surface area contributed by atoms with Crippen LogP contribution in [0, 0.1) is 6.92 Å². The molecule has 0 aromatic carbocycles. The van der Waals surface area contributed by atoms with E-state index < -0.39 is 8.07 Å². The molecule has 1 saturated heterocycles. The van der Waals surface area contributed by atoms with Gasteiger partial charge in [-0.15, -0.1) is 0 Å². The minimum atomic E-state index is -1.09. The molecule has 0 N–H and O–H groups in total. The molecular formula is C22H32ClN5O2Si. The van der Waals surface area contributed by atoms with Crippen molar-refractivity contribution in [2.45, 2.75) is 52.3 Å². The molecule has 0 radical (unpaired) electrons. The molecule has 31 heavy (non-hydrogen) atoms. The van der Waals surface area contributed by atoms with Gasteiger partial charge in [0, 0.05) is 51.1 Å². The number of hydrogen-bond donors (Lipinski definition) is 0. The Kier molecular flexibility index (Phi) is 6.44. The molecular weight excluding hydrogens is 430 g/mol. The smallest absolute Gasteiger partial charge is 0.160 e. The summed E-state index contributed by atoms with van der Waals surface area (Å²) in [5.41, 5.74) is 1.90. The van der Waals surface area contributed by atoms with Crippen LogP contribution in [0.2, 0.25) is 30.7 Å². The van der Waals surface area contributed by atoms with E-state index in [1.165, 1.54) is 0 Å². The van der Waals surface area contributed by atoms with E-state index in [1.54, 1.807) is 0 Å². The molecule has 1 unspecified atom stereocenters. The van der Waals surface area contributed by atoms with Gasteiger partial charge in [0.05, 0.1) is 24.3 Å². The highest BCUT2D eigenvalue weighted by molar-refractivity contribution is 6.76. The van der Waals surface area contributed by atoms with E-state index >= 15 is 0 Å². The summed E-state index contributed by atoms with van der Waals surface area (Å²) in [6.07, 6.45) is 4.00. The van der Waals surface area contributed by atoms with E-state index in [2.05, 4.69) is 44.6 Å². The average Bonchev–Trinajstić information content (AvgIpc) is 3.29. The first-order chi connectivity index (χ1) is 14.7. The van der Waals surface area contributed by atoms with Crippen LogP contribution in [0.5, 0.6) is 0 Å². The standard InChI is InChI=1S/C22H32ClN5O2Si/c1-16-13-28(19-6-7-26(25-19)15-30-10-11-31(3,4)5)22-21(16)18(23)12-20(24-22)27-8-9-29-14-17(27)2/h6-7,12-13,17H,8-11,14-15H2,1-5H3.